The standard InChI is InChI=1S/C13H15N3/c14-11-6-7-16-12(8-11)9-15-13(16)10-4-2-1-3-5-10/h1-5,9,11H,6-8,14H2. The second-order valence-electron chi connectivity index (χ2n) is 4.34. The second-order valence-corrected chi connectivity index (χ2v) is 4.34. The lowest BCUT2D eigenvalue weighted by Gasteiger charge is -2.21. The molecule has 2 N–H and O–H groups in total. The SMILES string of the molecule is NC1CCn2c(cnc2-c2ccccc2)C1. The van der Waals surface area contributed by atoms with Gasteiger partial charge in [-0.25, -0.2) is 4.98 Å². The molecule has 0 amide bonds. The van der Waals surface area contributed by atoms with Gasteiger partial charge in [-0.15, -0.1) is 0 Å². The van der Waals surface area contributed by atoms with Crippen LogP contribution in [0.3, 0.4) is 0 Å². The minimum Gasteiger partial charge on any atom is -0.328 e. The van der Waals surface area contributed by atoms with Crippen LogP contribution in [0.4, 0.5) is 0 Å². The highest BCUT2D eigenvalue weighted by Crippen LogP contribution is 2.23. The summed E-state index contributed by atoms with van der Waals surface area (Å²) < 4.78 is 2.29. The molecule has 1 aliphatic rings. The molecule has 0 radical (unpaired) electrons. The molecular weight excluding hydrogens is 198 g/mol. The smallest absolute Gasteiger partial charge is 0.140 e. The number of imidazole rings is 1. The van der Waals surface area contributed by atoms with E-state index in [2.05, 4.69) is 21.7 Å². The Morgan fingerprint density at radius 2 is 2.06 bits per heavy atom. The number of nitrogens with two attached hydrogens (primary N) is 1. The topological polar surface area (TPSA) is 43.8 Å². The fourth-order valence-electron chi connectivity index (χ4n) is 2.31. The van der Waals surface area contributed by atoms with Crippen molar-refractivity contribution in [2.45, 2.75) is 25.4 Å². The van der Waals surface area contributed by atoms with E-state index in [1.54, 1.807) is 0 Å². The van der Waals surface area contributed by atoms with E-state index >= 15 is 0 Å². The van der Waals surface area contributed by atoms with Crippen LogP contribution in [0.5, 0.6) is 0 Å². The molecule has 82 valence electrons. The van der Waals surface area contributed by atoms with Crippen LogP contribution in [0.2, 0.25) is 0 Å². The van der Waals surface area contributed by atoms with Crippen LogP contribution in [0.15, 0.2) is 36.5 Å². The number of aromatic nitrogens is 2. The molecule has 0 bridgehead atoms. The second kappa shape index (κ2) is 3.76. The molecule has 0 fully saturated rings. The van der Waals surface area contributed by atoms with Crippen molar-refractivity contribution in [3.05, 3.63) is 42.2 Å². The largest absolute Gasteiger partial charge is 0.328 e. The summed E-state index contributed by atoms with van der Waals surface area (Å²) in [5.41, 5.74) is 8.40. The Morgan fingerprint density at radius 1 is 1.25 bits per heavy atom. The van der Waals surface area contributed by atoms with Crippen LogP contribution in [0.1, 0.15) is 12.1 Å². The lowest BCUT2D eigenvalue weighted by atomic mass is 10.1. The fourth-order valence-corrected chi connectivity index (χ4v) is 2.31. The third-order valence-corrected chi connectivity index (χ3v) is 3.17. The van der Waals surface area contributed by atoms with Crippen molar-refractivity contribution in [3.63, 3.8) is 0 Å². The molecule has 1 aromatic carbocycles. The van der Waals surface area contributed by atoms with E-state index in [0.29, 0.717) is 6.04 Å². The molecule has 3 nitrogen and oxygen atoms in total. The Kier molecular flexibility index (Phi) is 2.26. The summed E-state index contributed by atoms with van der Waals surface area (Å²) in [6.45, 7) is 0.987. The molecule has 0 saturated heterocycles. The van der Waals surface area contributed by atoms with E-state index in [0.717, 1.165) is 25.2 Å². The van der Waals surface area contributed by atoms with E-state index in [-0.39, 0.29) is 0 Å². The van der Waals surface area contributed by atoms with E-state index in [1.165, 1.54) is 11.3 Å². The molecule has 2 heterocycles. The van der Waals surface area contributed by atoms with Gasteiger partial charge in [0.05, 0.1) is 0 Å². The summed E-state index contributed by atoms with van der Waals surface area (Å²) in [6, 6.07) is 10.6. The van der Waals surface area contributed by atoms with E-state index < -0.39 is 0 Å². The molecule has 2 aromatic rings. The average molecular weight is 213 g/mol. The zero-order chi connectivity index (χ0) is 11.0. The summed E-state index contributed by atoms with van der Waals surface area (Å²) >= 11 is 0. The minimum absolute atomic E-state index is 0.299. The molecular formula is C13H15N3. The minimum atomic E-state index is 0.299. The summed E-state index contributed by atoms with van der Waals surface area (Å²) in [7, 11) is 0. The molecule has 0 aliphatic carbocycles. The maximum atomic E-state index is 5.96. The summed E-state index contributed by atoms with van der Waals surface area (Å²) in [5.74, 6) is 1.07. The number of rotatable bonds is 1. The van der Waals surface area contributed by atoms with Crippen LogP contribution < -0.4 is 5.73 Å². The monoisotopic (exact) mass is 213 g/mol. The van der Waals surface area contributed by atoms with Crippen molar-refractivity contribution in [1.29, 1.82) is 0 Å². The molecule has 0 saturated carbocycles. The number of hydrogen-bond donors (Lipinski definition) is 1. The van der Waals surface area contributed by atoms with Crippen molar-refractivity contribution >= 4 is 0 Å². The fraction of sp³-hybridized carbons (Fsp3) is 0.308. The molecule has 0 spiro atoms. The van der Waals surface area contributed by atoms with Gasteiger partial charge in [-0.05, 0) is 6.42 Å². The van der Waals surface area contributed by atoms with Gasteiger partial charge in [-0.2, -0.15) is 0 Å². The molecule has 16 heavy (non-hydrogen) atoms. The van der Waals surface area contributed by atoms with Crippen molar-refractivity contribution in [1.82, 2.24) is 9.55 Å². The zero-order valence-electron chi connectivity index (χ0n) is 9.13. The lowest BCUT2D eigenvalue weighted by Crippen LogP contribution is -2.30. The van der Waals surface area contributed by atoms with Crippen LogP contribution in [0.25, 0.3) is 11.4 Å². The first-order valence-corrected chi connectivity index (χ1v) is 5.70. The van der Waals surface area contributed by atoms with Crippen LogP contribution in [-0.2, 0) is 13.0 Å². The van der Waals surface area contributed by atoms with E-state index in [1.807, 2.05) is 24.4 Å². The first-order valence-electron chi connectivity index (χ1n) is 5.70. The first kappa shape index (κ1) is 9.60. The van der Waals surface area contributed by atoms with Gasteiger partial charge in [0.15, 0.2) is 0 Å². The van der Waals surface area contributed by atoms with Crippen LogP contribution >= 0.6 is 0 Å². The third kappa shape index (κ3) is 1.53. The van der Waals surface area contributed by atoms with Gasteiger partial charge >= 0.3 is 0 Å². The highest BCUT2D eigenvalue weighted by Gasteiger charge is 2.19. The molecule has 1 unspecified atom stereocenters. The van der Waals surface area contributed by atoms with Gasteiger partial charge in [0.2, 0.25) is 0 Å². The van der Waals surface area contributed by atoms with Crippen molar-refractivity contribution in [2.24, 2.45) is 5.73 Å². The Bertz CT molecular complexity index is 487. The maximum absolute atomic E-state index is 5.96. The van der Waals surface area contributed by atoms with Crippen LogP contribution in [-0.4, -0.2) is 15.6 Å². The number of hydrogen-bond acceptors (Lipinski definition) is 2. The van der Waals surface area contributed by atoms with Crippen LogP contribution in [0, 0.1) is 0 Å². The summed E-state index contributed by atoms with van der Waals surface area (Å²) in [4.78, 5) is 4.51. The number of fused-ring (bicyclic) bond motifs is 1. The van der Waals surface area contributed by atoms with Gasteiger partial charge in [-0.1, -0.05) is 30.3 Å². The highest BCUT2D eigenvalue weighted by molar-refractivity contribution is 5.56. The Morgan fingerprint density at radius 3 is 2.88 bits per heavy atom. The van der Waals surface area contributed by atoms with Crippen molar-refractivity contribution in [3.8, 4) is 11.4 Å². The predicted molar refractivity (Wildman–Crippen MR) is 64.0 cm³/mol. The molecule has 3 heteroatoms. The zero-order valence-corrected chi connectivity index (χ0v) is 9.13. The predicted octanol–water partition coefficient (Wildman–Crippen LogP) is 1.82. The number of nitrogens with zero attached hydrogens (tertiary/aromatic N) is 2. The Hall–Kier alpha value is -1.61. The van der Waals surface area contributed by atoms with Gasteiger partial charge in [-0.3, -0.25) is 0 Å². The van der Waals surface area contributed by atoms with Crippen molar-refractivity contribution in [2.75, 3.05) is 0 Å². The Balaban J connectivity index is 2.04. The number of benzene rings is 1. The molecule has 1 aromatic heterocycles. The molecule has 1 aliphatic heterocycles. The lowest BCUT2D eigenvalue weighted by molar-refractivity contribution is 0.474. The van der Waals surface area contributed by atoms with Gasteiger partial charge in [0, 0.05) is 36.5 Å². The van der Waals surface area contributed by atoms with Crippen molar-refractivity contribution < 1.29 is 0 Å². The molecule has 1 atom stereocenters. The quantitative estimate of drug-likeness (QED) is 0.785. The average Bonchev–Trinajstić information content (AvgIpc) is 2.73. The third-order valence-electron chi connectivity index (χ3n) is 3.17. The summed E-state index contributed by atoms with van der Waals surface area (Å²) in [5, 5.41) is 0. The van der Waals surface area contributed by atoms with Gasteiger partial charge in [0.1, 0.15) is 5.82 Å². The van der Waals surface area contributed by atoms with Gasteiger partial charge in [0.25, 0.3) is 0 Å². The van der Waals surface area contributed by atoms with E-state index in [4.69, 9.17) is 5.73 Å². The summed E-state index contributed by atoms with van der Waals surface area (Å²) in [6.07, 6.45) is 3.95. The Labute approximate surface area is 94.9 Å². The maximum Gasteiger partial charge on any atom is 0.140 e. The van der Waals surface area contributed by atoms with E-state index in [9.17, 15) is 0 Å². The highest BCUT2D eigenvalue weighted by atomic mass is 15.1. The normalized spacial score (nSPS) is 19.4. The van der Waals surface area contributed by atoms with Gasteiger partial charge < -0.3 is 10.3 Å². The first-order chi connectivity index (χ1) is 7.84. The molecule has 3 rings (SSSR count).